The summed E-state index contributed by atoms with van der Waals surface area (Å²) in [4.78, 5) is 8.04. The molecule has 3 aromatic rings. The number of fused-ring (bicyclic) bond motifs is 1. The van der Waals surface area contributed by atoms with Gasteiger partial charge in [-0.2, -0.15) is 13.2 Å². The van der Waals surface area contributed by atoms with Crippen LogP contribution < -0.4 is 0 Å². The number of hydrogen-bond acceptors (Lipinski definition) is 4. The van der Waals surface area contributed by atoms with Gasteiger partial charge in [0.1, 0.15) is 5.56 Å². The summed E-state index contributed by atoms with van der Waals surface area (Å²) in [5.41, 5.74) is -0.872. The highest BCUT2D eigenvalue weighted by molar-refractivity contribution is 9.10. The Morgan fingerprint density at radius 2 is 1.92 bits per heavy atom. The lowest BCUT2D eigenvalue weighted by Gasteiger charge is -2.09. The molecule has 0 unspecified atom stereocenters. The third kappa shape index (κ3) is 3.03. The molecule has 11 heteroatoms. The molecule has 3 heterocycles. The molecule has 126 valence electrons. The van der Waals surface area contributed by atoms with E-state index in [2.05, 4.69) is 36.1 Å². The van der Waals surface area contributed by atoms with Gasteiger partial charge in [-0.1, -0.05) is 11.6 Å². The summed E-state index contributed by atoms with van der Waals surface area (Å²) in [5.74, 6) is 0.594. The van der Waals surface area contributed by atoms with Crippen molar-refractivity contribution in [1.82, 2.24) is 29.4 Å². The van der Waals surface area contributed by atoms with Crippen molar-refractivity contribution >= 4 is 45.3 Å². The van der Waals surface area contributed by atoms with E-state index < -0.39 is 11.7 Å². The first-order valence-corrected chi connectivity index (χ1v) is 7.71. The molecule has 0 saturated carbocycles. The number of aromatic nitrogens is 6. The maximum Gasteiger partial charge on any atom is 0.420 e. The predicted octanol–water partition coefficient (Wildman–Crippen LogP) is 3.77. The topological polar surface area (TPSA) is 60.9 Å². The minimum atomic E-state index is -4.58. The fourth-order valence-corrected chi connectivity index (χ4v) is 2.68. The van der Waals surface area contributed by atoms with Crippen molar-refractivity contribution in [3.8, 4) is 0 Å². The van der Waals surface area contributed by atoms with Gasteiger partial charge in [-0.25, -0.2) is 19.2 Å². The molecule has 0 spiro atoms. The first kappa shape index (κ1) is 16.9. The first-order valence-electron chi connectivity index (χ1n) is 6.54. The number of hydrogen-bond donors (Lipinski definition) is 0. The van der Waals surface area contributed by atoms with Gasteiger partial charge in [0.05, 0.1) is 10.7 Å². The van der Waals surface area contributed by atoms with E-state index in [1.165, 1.54) is 10.8 Å². The molecule has 6 nitrogen and oxygen atoms in total. The second kappa shape index (κ2) is 5.85. The van der Waals surface area contributed by atoms with Crippen LogP contribution in [0.1, 0.15) is 22.9 Å². The summed E-state index contributed by atoms with van der Waals surface area (Å²) in [7, 11) is 1.68. The van der Waals surface area contributed by atoms with Crippen molar-refractivity contribution < 1.29 is 13.2 Å². The molecular formula is C13H9BrClF3N6. The second-order valence-electron chi connectivity index (χ2n) is 4.89. The zero-order chi connectivity index (χ0) is 17.6. The van der Waals surface area contributed by atoms with E-state index in [0.29, 0.717) is 16.3 Å². The Morgan fingerprint density at radius 3 is 2.50 bits per heavy atom. The molecule has 24 heavy (non-hydrogen) atoms. The third-order valence-electron chi connectivity index (χ3n) is 3.26. The van der Waals surface area contributed by atoms with Crippen molar-refractivity contribution in [3.63, 3.8) is 0 Å². The van der Waals surface area contributed by atoms with Crippen molar-refractivity contribution in [1.29, 1.82) is 0 Å². The second-order valence-corrected chi connectivity index (χ2v) is 6.01. The zero-order valence-corrected chi connectivity index (χ0v) is 14.6. The van der Waals surface area contributed by atoms with Gasteiger partial charge in [0, 0.05) is 7.05 Å². The van der Waals surface area contributed by atoms with Crippen LogP contribution in [0, 0.1) is 6.92 Å². The highest BCUT2D eigenvalue weighted by Gasteiger charge is 2.35. The van der Waals surface area contributed by atoms with Gasteiger partial charge in [-0.15, -0.1) is 10.2 Å². The van der Waals surface area contributed by atoms with E-state index in [0.717, 1.165) is 10.6 Å². The Labute approximate surface area is 147 Å². The fraction of sp³-hybridized carbons (Fsp3) is 0.231. The van der Waals surface area contributed by atoms with Crippen LogP contribution in [-0.2, 0) is 13.2 Å². The van der Waals surface area contributed by atoms with Gasteiger partial charge >= 0.3 is 6.18 Å². The third-order valence-corrected chi connectivity index (χ3v) is 3.98. The minimum Gasteiger partial charge on any atom is -0.248 e. The van der Waals surface area contributed by atoms with Gasteiger partial charge in [-0.3, -0.25) is 0 Å². The number of rotatable bonds is 2. The van der Waals surface area contributed by atoms with Crippen molar-refractivity contribution in [2.45, 2.75) is 13.1 Å². The van der Waals surface area contributed by atoms with Crippen LogP contribution >= 0.6 is 27.5 Å². The Bertz CT molecular complexity index is 959. The monoisotopic (exact) mass is 420 g/mol. The number of alkyl halides is 3. The molecule has 3 rings (SSSR count). The van der Waals surface area contributed by atoms with E-state index in [1.807, 2.05) is 0 Å². The molecule has 0 aliphatic carbocycles. The molecule has 0 radical (unpaired) electrons. The van der Waals surface area contributed by atoms with Crippen LogP contribution in [0.15, 0.2) is 10.8 Å². The predicted molar refractivity (Wildman–Crippen MR) is 85.4 cm³/mol. The van der Waals surface area contributed by atoms with Crippen LogP contribution in [0.3, 0.4) is 0 Å². The largest absolute Gasteiger partial charge is 0.420 e. The lowest BCUT2D eigenvalue weighted by molar-refractivity contribution is -0.136. The highest BCUT2D eigenvalue weighted by Crippen LogP contribution is 2.34. The summed E-state index contributed by atoms with van der Waals surface area (Å²) >= 11 is 9.01. The molecule has 0 aliphatic heterocycles. The molecule has 0 saturated heterocycles. The molecule has 0 fully saturated rings. The van der Waals surface area contributed by atoms with E-state index in [4.69, 9.17) is 11.6 Å². The van der Waals surface area contributed by atoms with Gasteiger partial charge in [0.2, 0.25) is 4.73 Å². The molecule has 3 aromatic heterocycles. The molecule has 0 aromatic carbocycles. The number of halogens is 5. The standard InChI is InChI=1S/C13H9BrClF3N6/c1-6-8(15)5-7(13(16,17)18)11-19-9(21-24(6)11)3-4-10-20-12(14)22-23(10)2/h3-5H,1-2H3/b4-3+. The van der Waals surface area contributed by atoms with Gasteiger partial charge in [-0.05, 0) is 41.1 Å². The average Bonchev–Trinajstić information content (AvgIpc) is 3.03. The van der Waals surface area contributed by atoms with Gasteiger partial charge in [0.15, 0.2) is 17.3 Å². The summed E-state index contributed by atoms with van der Waals surface area (Å²) in [6.45, 7) is 1.57. The Hall–Kier alpha value is -1.94. The Morgan fingerprint density at radius 1 is 1.21 bits per heavy atom. The SMILES string of the molecule is Cc1c(Cl)cc(C(F)(F)F)c2nc(/C=C/c3nc(Br)nn3C)nn12. The lowest BCUT2D eigenvalue weighted by atomic mass is 10.2. The van der Waals surface area contributed by atoms with E-state index in [-0.39, 0.29) is 16.5 Å². The molecule has 0 bridgehead atoms. The van der Waals surface area contributed by atoms with E-state index in [1.54, 1.807) is 20.0 Å². The summed E-state index contributed by atoms with van der Waals surface area (Å²) in [5, 5.41) is 8.03. The number of aryl methyl sites for hydroxylation is 2. The highest BCUT2D eigenvalue weighted by atomic mass is 79.9. The quantitative estimate of drug-likeness (QED) is 0.632. The minimum absolute atomic E-state index is 0.0347. The van der Waals surface area contributed by atoms with Crippen LogP contribution in [0.5, 0.6) is 0 Å². The summed E-state index contributed by atoms with van der Waals surface area (Å²) in [6, 6.07) is 0.855. The van der Waals surface area contributed by atoms with E-state index in [9.17, 15) is 13.2 Å². The van der Waals surface area contributed by atoms with E-state index >= 15 is 0 Å². The smallest absolute Gasteiger partial charge is 0.248 e. The Balaban J connectivity index is 2.11. The van der Waals surface area contributed by atoms with Crippen molar-refractivity contribution in [2.75, 3.05) is 0 Å². The van der Waals surface area contributed by atoms with Gasteiger partial charge in [0.25, 0.3) is 0 Å². The number of nitrogens with zero attached hydrogens (tertiary/aromatic N) is 6. The lowest BCUT2D eigenvalue weighted by Crippen LogP contribution is -2.09. The molecule has 0 amide bonds. The maximum atomic E-state index is 13.2. The fourth-order valence-electron chi connectivity index (χ4n) is 2.07. The zero-order valence-electron chi connectivity index (χ0n) is 12.3. The average molecular weight is 422 g/mol. The maximum absolute atomic E-state index is 13.2. The normalized spacial score (nSPS) is 12.6. The molecule has 0 atom stereocenters. The van der Waals surface area contributed by atoms with Gasteiger partial charge < -0.3 is 0 Å². The molecule has 0 N–H and O–H groups in total. The van der Waals surface area contributed by atoms with Crippen LogP contribution in [0.25, 0.3) is 17.8 Å². The van der Waals surface area contributed by atoms with Crippen LogP contribution in [0.2, 0.25) is 5.02 Å². The van der Waals surface area contributed by atoms with Crippen LogP contribution in [-0.4, -0.2) is 29.4 Å². The van der Waals surface area contributed by atoms with Crippen molar-refractivity contribution in [3.05, 3.63) is 38.7 Å². The molecular weight excluding hydrogens is 413 g/mol. The Kier molecular flexibility index (Phi) is 4.12. The first-order chi connectivity index (χ1) is 11.2. The summed E-state index contributed by atoms with van der Waals surface area (Å²) in [6.07, 6.45) is -1.57. The number of pyridine rings is 1. The summed E-state index contributed by atoms with van der Waals surface area (Å²) < 4.78 is 42.5. The molecule has 0 aliphatic rings. The van der Waals surface area contributed by atoms with Crippen molar-refractivity contribution in [2.24, 2.45) is 7.05 Å². The van der Waals surface area contributed by atoms with Crippen LogP contribution in [0.4, 0.5) is 13.2 Å².